The van der Waals surface area contributed by atoms with Crippen molar-refractivity contribution in [1.82, 2.24) is 10.2 Å². The number of nitrogens with zero attached hydrogens (tertiary/aromatic N) is 1. The minimum atomic E-state index is -0.604. The van der Waals surface area contributed by atoms with E-state index >= 15 is 0 Å². The largest absolute Gasteiger partial charge is 0.481 e. The van der Waals surface area contributed by atoms with Gasteiger partial charge in [-0.2, -0.15) is 0 Å². The lowest BCUT2D eigenvalue weighted by molar-refractivity contribution is -0.144. The first-order valence-electron chi connectivity index (χ1n) is 8.95. The molecule has 4 heteroatoms. The Morgan fingerprint density at radius 3 is 2.24 bits per heavy atom. The molecule has 2 unspecified atom stereocenters. The zero-order valence-electron chi connectivity index (χ0n) is 13.1. The maximum atomic E-state index is 11.5. The molecule has 3 fully saturated rings. The summed E-state index contributed by atoms with van der Waals surface area (Å²) in [5.74, 6) is -0.784. The van der Waals surface area contributed by atoms with Crippen molar-refractivity contribution in [3.05, 3.63) is 0 Å². The van der Waals surface area contributed by atoms with Gasteiger partial charge in [-0.25, -0.2) is 0 Å². The lowest BCUT2D eigenvalue weighted by atomic mass is 9.90. The van der Waals surface area contributed by atoms with E-state index in [-0.39, 0.29) is 5.92 Å². The molecule has 0 spiro atoms. The fraction of sp³-hybridized carbons (Fsp3) is 0.941. The molecule has 0 aromatic carbocycles. The first-order chi connectivity index (χ1) is 10.2. The van der Waals surface area contributed by atoms with Gasteiger partial charge in [-0.1, -0.05) is 32.1 Å². The summed E-state index contributed by atoms with van der Waals surface area (Å²) in [6.07, 6.45) is 12.6. The topological polar surface area (TPSA) is 52.6 Å². The number of hydrogen-bond donors (Lipinski definition) is 2. The van der Waals surface area contributed by atoms with E-state index in [9.17, 15) is 9.90 Å². The molecule has 0 radical (unpaired) electrons. The standard InChI is InChI=1S/C17H30N2O2/c20-17(21)13-10-15(18-14-6-2-1-3-7-14)12-19(11-13)16-8-4-5-9-16/h13-16,18H,1-12H2,(H,20,21). The number of rotatable bonds is 4. The van der Waals surface area contributed by atoms with Crippen LogP contribution in [0.2, 0.25) is 0 Å². The number of piperidine rings is 1. The molecule has 1 aliphatic heterocycles. The molecule has 3 aliphatic rings. The molecule has 2 N–H and O–H groups in total. The normalized spacial score (nSPS) is 33.3. The molecular formula is C17H30N2O2. The van der Waals surface area contributed by atoms with Crippen LogP contribution in [0.15, 0.2) is 0 Å². The molecule has 0 aromatic rings. The highest BCUT2D eigenvalue weighted by Crippen LogP contribution is 2.29. The van der Waals surface area contributed by atoms with E-state index in [1.165, 1.54) is 57.8 Å². The second kappa shape index (κ2) is 7.10. The van der Waals surface area contributed by atoms with Gasteiger partial charge in [0, 0.05) is 31.2 Å². The highest BCUT2D eigenvalue weighted by molar-refractivity contribution is 5.70. The third-order valence-corrected chi connectivity index (χ3v) is 5.75. The summed E-state index contributed by atoms with van der Waals surface area (Å²) in [4.78, 5) is 14.0. The monoisotopic (exact) mass is 294 g/mol. The average molecular weight is 294 g/mol. The van der Waals surface area contributed by atoms with Gasteiger partial charge >= 0.3 is 5.97 Å². The molecule has 0 amide bonds. The van der Waals surface area contributed by atoms with E-state index in [4.69, 9.17) is 0 Å². The minimum absolute atomic E-state index is 0.180. The van der Waals surface area contributed by atoms with Crippen LogP contribution in [-0.2, 0) is 4.79 Å². The molecule has 120 valence electrons. The molecule has 3 rings (SSSR count). The quantitative estimate of drug-likeness (QED) is 0.837. The number of likely N-dealkylation sites (tertiary alicyclic amines) is 1. The number of carbonyl (C=O) groups is 1. The molecule has 2 aliphatic carbocycles. The van der Waals surface area contributed by atoms with Gasteiger partial charge in [0.15, 0.2) is 0 Å². The average Bonchev–Trinajstić information content (AvgIpc) is 3.02. The third kappa shape index (κ3) is 3.98. The Balaban J connectivity index is 1.59. The Morgan fingerprint density at radius 1 is 0.905 bits per heavy atom. The number of carboxylic acids is 1. The first-order valence-corrected chi connectivity index (χ1v) is 8.95. The second-order valence-corrected chi connectivity index (χ2v) is 7.36. The van der Waals surface area contributed by atoms with E-state index in [1.807, 2.05) is 0 Å². The van der Waals surface area contributed by atoms with Gasteiger partial charge in [0.25, 0.3) is 0 Å². The maximum absolute atomic E-state index is 11.5. The second-order valence-electron chi connectivity index (χ2n) is 7.36. The fourth-order valence-electron chi connectivity index (χ4n) is 4.60. The predicted octanol–water partition coefficient (Wildman–Crippen LogP) is 2.63. The summed E-state index contributed by atoms with van der Waals surface area (Å²) in [6.45, 7) is 1.83. The first kappa shape index (κ1) is 15.3. The van der Waals surface area contributed by atoms with Crippen LogP contribution >= 0.6 is 0 Å². The number of aliphatic carboxylic acids is 1. The van der Waals surface area contributed by atoms with Crippen molar-refractivity contribution >= 4 is 5.97 Å². The van der Waals surface area contributed by atoms with Crippen molar-refractivity contribution in [2.24, 2.45) is 5.92 Å². The van der Waals surface area contributed by atoms with Crippen LogP contribution in [-0.4, -0.2) is 47.2 Å². The lowest BCUT2D eigenvalue weighted by Crippen LogP contribution is -2.55. The van der Waals surface area contributed by atoms with Gasteiger partial charge in [-0.15, -0.1) is 0 Å². The Labute approximate surface area is 128 Å². The third-order valence-electron chi connectivity index (χ3n) is 5.75. The molecule has 0 bridgehead atoms. The van der Waals surface area contributed by atoms with Crippen LogP contribution in [0.25, 0.3) is 0 Å². The molecule has 2 saturated carbocycles. The summed E-state index contributed by atoms with van der Waals surface area (Å²) >= 11 is 0. The van der Waals surface area contributed by atoms with Crippen molar-refractivity contribution < 1.29 is 9.90 Å². The van der Waals surface area contributed by atoms with Gasteiger partial charge in [0.1, 0.15) is 0 Å². The maximum Gasteiger partial charge on any atom is 0.307 e. The SMILES string of the molecule is O=C(O)C1CC(NC2CCCCC2)CN(C2CCCC2)C1. The van der Waals surface area contributed by atoms with E-state index in [0.717, 1.165) is 19.5 Å². The summed E-state index contributed by atoms with van der Waals surface area (Å²) in [7, 11) is 0. The van der Waals surface area contributed by atoms with Crippen molar-refractivity contribution in [2.45, 2.75) is 82.3 Å². The number of hydrogen-bond acceptors (Lipinski definition) is 3. The van der Waals surface area contributed by atoms with Gasteiger partial charge in [0.05, 0.1) is 5.92 Å². The summed E-state index contributed by atoms with van der Waals surface area (Å²) in [6, 6.07) is 1.65. The van der Waals surface area contributed by atoms with Crippen molar-refractivity contribution in [1.29, 1.82) is 0 Å². The number of nitrogens with one attached hydrogen (secondary N) is 1. The molecular weight excluding hydrogens is 264 g/mol. The fourth-order valence-corrected chi connectivity index (χ4v) is 4.60. The van der Waals surface area contributed by atoms with Crippen LogP contribution in [0.1, 0.15) is 64.2 Å². The Bertz CT molecular complexity index is 349. The minimum Gasteiger partial charge on any atom is -0.481 e. The summed E-state index contributed by atoms with van der Waals surface area (Å²) in [5.41, 5.74) is 0. The smallest absolute Gasteiger partial charge is 0.307 e. The molecule has 1 saturated heterocycles. The van der Waals surface area contributed by atoms with Crippen molar-refractivity contribution in [3.63, 3.8) is 0 Å². The molecule has 4 nitrogen and oxygen atoms in total. The van der Waals surface area contributed by atoms with Crippen LogP contribution in [0.3, 0.4) is 0 Å². The van der Waals surface area contributed by atoms with Gasteiger partial charge in [-0.05, 0) is 32.1 Å². The van der Waals surface area contributed by atoms with E-state index in [1.54, 1.807) is 0 Å². The zero-order chi connectivity index (χ0) is 14.7. The number of carboxylic acid groups (broad SMARTS) is 1. The van der Waals surface area contributed by atoms with Crippen LogP contribution in [0, 0.1) is 5.92 Å². The van der Waals surface area contributed by atoms with E-state index in [2.05, 4.69) is 10.2 Å². The Hall–Kier alpha value is -0.610. The Kier molecular flexibility index (Phi) is 5.17. The summed E-state index contributed by atoms with van der Waals surface area (Å²) < 4.78 is 0. The molecule has 2 atom stereocenters. The zero-order valence-corrected chi connectivity index (χ0v) is 13.1. The lowest BCUT2D eigenvalue weighted by Gasteiger charge is -2.41. The summed E-state index contributed by atoms with van der Waals surface area (Å²) in [5, 5.41) is 13.3. The van der Waals surface area contributed by atoms with Crippen molar-refractivity contribution in [2.75, 3.05) is 13.1 Å². The van der Waals surface area contributed by atoms with Crippen LogP contribution in [0.5, 0.6) is 0 Å². The molecule has 1 heterocycles. The van der Waals surface area contributed by atoms with Crippen molar-refractivity contribution in [3.8, 4) is 0 Å². The van der Waals surface area contributed by atoms with Gasteiger partial charge in [-0.3, -0.25) is 9.69 Å². The Morgan fingerprint density at radius 2 is 1.57 bits per heavy atom. The predicted molar refractivity (Wildman–Crippen MR) is 83.4 cm³/mol. The molecule has 0 aromatic heterocycles. The highest BCUT2D eigenvalue weighted by Gasteiger charge is 2.36. The van der Waals surface area contributed by atoms with Gasteiger partial charge in [0.2, 0.25) is 0 Å². The van der Waals surface area contributed by atoms with Crippen LogP contribution < -0.4 is 5.32 Å². The van der Waals surface area contributed by atoms with E-state index in [0.29, 0.717) is 18.1 Å². The van der Waals surface area contributed by atoms with Gasteiger partial charge < -0.3 is 10.4 Å². The molecule has 21 heavy (non-hydrogen) atoms. The van der Waals surface area contributed by atoms with E-state index < -0.39 is 5.97 Å². The highest BCUT2D eigenvalue weighted by atomic mass is 16.4. The van der Waals surface area contributed by atoms with Crippen LogP contribution in [0.4, 0.5) is 0 Å².